The van der Waals surface area contributed by atoms with Crippen LogP contribution in [0.25, 0.3) is 0 Å². The zero-order valence-corrected chi connectivity index (χ0v) is 13.2. The Kier molecular flexibility index (Phi) is 4.46. The van der Waals surface area contributed by atoms with Gasteiger partial charge in [-0.3, -0.25) is 14.3 Å². The van der Waals surface area contributed by atoms with Gasteiger partial charge in [0.1, 0.15) is 0 Å². The largest absolute Gasteiger partial charge is 0.289 e. The third kappa shape index (κ3) is 2.99. The number of amides is 1. The summed E-state index contributed by atoms with van der Waals surface area (Å²) in [6, 6.07) is 3.51. The molecule has 1 aromatic carbocycles. The van der Waals surface area contributed by atoms with Gasteiger partial charge in [0.15, 0.2) is 0 Å². The average Bonchev–Trinajstić information content (AvgIpc) is 2.85. The summed E-state index contributed by atoms with van der Waals surface area (Å²) in [6.45, 7) is 6.10. The number of hydrogen-bond acceptors (Lipinski definition) is 5. The molecule has 0 aliphatic carbocycles. The quantitative estimate of drug-likeness (QED) is 0.919. The summed E-state index contributed by atoms with van der Waals surface area (Å²) in [5, 5.41) is 13.7. The van der Waals surface area contributed by atoms with Crippen molar-refractivity contribution in [3.05, 3.63) is 28.8 Å². The van der Waals surface area contributed by atoms with Crippen LogP contribution in [0.4, 0.5) is 5.95 Å². The van der Waals surface area contributed by atoms with E-state index in [0.29, 0.717) is 28.5 Å². The molecule has 0 spiro atoms. The molecule has 0 aliphatic heterocycles. The van der Waals surface area contributed by atoms with Gasteiger partial charge in [-0.1, -0.05) is 11.2 Å². The van der Waals surface area contributed by atoms with E-state index in [2.05, 4.69) is 20.8 Å². The minimum Gasteiger partial charge on any atom is -0.289 e. The van der Waals surface area contributed by atoms with E-state index in [1.807, 2.05) is 13.8 Å². The molecule has 2 aromatic rings. The molecule has 1 N–H and O–H groups in total. The maximum atomic E-state index is 12.4. The molecule has 0 aliphatic rings. The van der Waals surface area contributed by atoms with Crippen LogP contribution in [-0.2, 0) is 17.3 Å². The van der Waals surface area contributed by atoms with Crippen LogP contribution in [0.2, 0.25) is 0 Å². The average molecular weight is 307 g/mol. The van der Waals surface area contributed by atoms with Crippen molar-refractivity contribution < 1.29 is 9.00 Å². The van der Waals surface area contributed by atoms with Gasteiger partial charge in [-0.2, -0.15) is 0 Å². The van der Waals surface area contributed by atoms with Crippen LogP contribution in [0, 0.1) is 13.8 Å². The molecule has 1 amide bonds. The Morgan fingerprint density at radius 1 is 1.38 bits per heavy atom. The maximum Gasteiger partial charge on any atom is 0.258 e. The van der Waals surface area contributed by atoms with Gasteiger partial charge >= 0.3 is 0 Å². The maximum absolute atomic E-state index is 12.4. The van der Waals surface area contributed by atoms with E-state index in [0.717, 1.165) is 5.56 Å². The first-order chi connectivity index (χ1) is 9.95. The summed E-state index contributed by atoms with van der Waals surface area (Å²) in [5.41, 5.74) is 2.09. The number of benzene rings is 1. The molecule has 1 atom stereocenters. The molecular weight excluding hydrogens is 290 g/mol. The van der Waals surface area contributed by atoms with E-state index >= 15 is 0 Å². The Hall–Kier alpha value is -2.09. The molecule has 8 heteroatoms. The number of aryl methyl sites for hydroxylation is 2. The molecule has 0 bridgehead atoms. The topological polar surface area (TPSA) is 89.8 Å². The van der Waals surface area contributed by atoms with Crippen LogP contribution in [0.5, 0.6) is 0 Å². The number of aromatic nitrogens is 4. The van der Waals surface area contributed by atoms with Gasteiger partial charge in [-0.15, -0.1) is 0 Å². The summed E-state index contributed by atoms with van der Waals surface area (Å²) in [5.74, 6) is -0.0228. The van der Waals surface area contributed by atoms with Crippen LogP contribution in [0.15, 0.2) is 17.0 Å². The van der Waals surface area contributed by atoms with Crippen molar-refractivity contribution in [2.75, 3.05) is 11.6 Å². The Balaban J connectivity index is 2.36. The number of carbonyl (C=O) groups is 1. The molecule has 0 saturated heterocycles. The molecule has 7 nitrogen and oxygen atoms in total. The summed E-state index contributed by atoms with van der Waals surface area (Å²) in [6.07, 6.45) is 1.61. The predicted molar refractivity (Wildman–Crippen MR) is 79.7 cm³/mol. The second kappa shape index (κ2) is 6.13. The lowest BCUT2D eigenvalue weighted by Crippen LogP contribution is -2.18. The van der Waals surface area contributed by atoms with Gasteiger partial charge in [-0.05, 0) is 48.4 Å². The molecule has 0 unspecified atom stereocenters. The Morgan fingerprint density at radius 2 is 2.10 bits per heavy atom. The first-order valence-corrected chi connectivity index (χ1v) is 8.02. The van der Waals surface area contributed by atoms with Gasteiger partial charge in [0.2, 0.25) is 5.95 Å². The zero-order valence-electron chi connectivity index (χ0n) is 12.4. The van der Waals surface area contributed by atoms with Crippen molar-refractivity contribution >= 4 is 22.7 Å². The lowest BCUT2D eigenvalue weighted by molar-refractivity contribution is 0.102. The standard InChI is InChI=1S/C13H17N5O2S/c1-5-18-13(15-16-17-18)14-12(19)10-7-6-8(2)11(9(10)3)21(4)20/h6-7H,5H2,1-4H3,(H,14,15,17,19)/t21-/m0/s1. The highest BCUT2D eigenvalue weighted by atomic mass is 32.2. The fourth-order valence-corrected chi connectivity index (χ4v) is 3.25. The second-order valence-corrected chi connectivity index (χ2v) is 5.93. The summed E-state index contributed by atoms with van der Waals surface area (Å²) >= 11 is 0. The lowest BCUT2D eigenvalue weighted by Gasteiger charge is -2.12. The number of carbonyl (C=O) groups excluding carboxylic acids is 1. The molecule has 112 valence electrons. The monoisotopic (exact) mass is 307 g/mol. The highest BCUT2D eigenvalue weighted by Gasteiger charge is 2.17. The zero-order chi connectivity index (χ0) is 15.6. The molecule has 21 heavy (non-hydrogen) atoms. The van der Waals surface area contributed by atoms with Crippen LogP contribution < -0.4 is 5.32 Å². The number of nitrogens with one attached hydrogen (secondary N) is 1. The minimum absolute atomic E-state index is 0.293. The SMILES string of the molecule is CCn1nnnc1NC(=O)c1ccc(C)c([S@](C)=O)c1C. The van der Waals surface area contributed by atoms with Crippen molar-refractivity contribution in [1.82, 2.24) is 20.2 Å². The number of nitrogens with zero attached hydrogens (tertiary/aromatic N) is 4. The third-order valence-electron chi connectivity index (χ3n) is 3.19. The fraction of sp³-hybridized carbons (Fsp3) is 0.385. The Bertz CT molecular complexity index is 711. The summed E-state index contributed by atoms with van der Waals surface area (Å²) < 4.78 is 13.3. The van der Waals surface area contributed by atoms with Gasteiger partial charge in [0.25, 0.3) is 5.91 Å². The number of rotatable bonds is 4. The van der Waals surface area contributed by atoms with Crippen molar-refractivity contribution in [3.63, 3.8) is 0 Å². The molecule has 2 rings (SSSR count). The van der Waals surface area contributed by atoms with Gasteiger partial charge in [-0.25, -0.2) is 4.68 Å². The smallest absolute Gasteiger partial charge is 0.258 e. The van der Waals surface area contributed by atoms with E-state index in [-0.39, 0.29) is 5.91 Å². The molecular formula is C13H17N5O2S. The first kappa shape index (κ1) is 15.3. The normalized spacial score (nSPS) is 12.2. The highest BCUT2D eigenvalue weighted by molar-refractivity contribution is 7.84. The van der Waals surface area contributed by atoms with E-state index in [4.69, 9.17) is 0 Å². The van der Waals surface area contributed by atoms with Crippen LogP contribution in [-0.4, -0.2) is 36.6 Å². The number of tetrazole rings is 1. The van der Waals surface area contributed by atoms with Crippen molar-refractivity contribution in [1.29, 1.82) is 0 Å². The lowest BCUT2D eigenvalue weighted by atomic mass is 10.1. The van der Waals surface area contributed by atoms with Crippen molar-refractivity contribution in [2.24, 2.45) is 0 Å². The van der Waals surface area contributed by atoms with Crippen molar-refractivity contribution in [3.8, 4) is 0 Å². The molecule has 1 heterocycles. The Morgan fingerprint density at radius 3 is 2.71 bits per heavy atom. The van der Waals surface area contributed by atoms with E-state index in [9.17, 15) is 9.00 Å². The molecule has 0 radical (unpaired) electrons. The van der Waals surface area contributed by atoms with Crippen LogP contribution in [0.3, 0.4) is 0 Å². The summed E-state index contributed by atoms with van der Waals surface area (Å²) in [7, 11) is -1.15. The van der Waals surface area contributed by atoms with E-state index < -0.39 is 10.8 Å². The highest BCUT2D eigenvalue weighted by Crippen LogP contribution is 2.22. The van der Waals surface area contributed by atoms with E-state index in [1.54, 1.807) is 25.3 Å². The second-order valence-electron chi connectivity index (χ2n) is 4.61. The van der Waals surface area contributed by atoms with Crippen LogP contribution in [0.1, 0.15) is 28.4 Å². The molecule has 0 fully saturated rings. The third-order valence-corrected chi connectivity index (χ3v) is 4.39. The number of hydrogen-bond donors (Lipinski definition) is 1. The molecule has 0 saturated carbocycles. The minimum atomic E-state index is -1.15. The van der Waals surface area contributed by atoms with Gasteiger partial charge < -0.3 is 0 Å². The van der Waals surface area contributed by atoms with Crippen LogP contribution >= 0.6 is 0 Å². The Labute approximate surface area is 125 Å². The van der Waals surface area contributed by atoms with Gasteiger partial charge in [0.05, 0.1) is 10.8 Å². The summed E-state index contributed by atoms with van der Waals surface area (Å²) in [4.78, 5) is 13.1. The van der Waals surface area contributed by atoms with Crippen molar-refractivity contribution in [2.45, 2.75) is 32.2 Å². The first-order valence-electron chi connectivity index (χ1n) is 6.46. The van der Waals surface area contributed by atoms with Gasteiger partial charge in [0, 0.05) is 23.3 Å². The van der Waals surface area contributed by atoms with E-state index in [1.165, 1.54) is 4.68 Å². The molecule has 1 aromatic heterocycles. The number of anilines is 1. The predicted octanol–water partition coefficient (Wildman–Crippen LogP) is 1.30. The fourth-order valence-electron chi connectivity index (χ4n) is 2.19.